The Morgan fingerprint density at radius 2 is 2.30 bits per heavy atom. The van der Waals surface area contributed by atoms with Crippen LogP contribution in [0.5, 0.6) is 0 Å². The van der Waals surface area contributed by atoms with Gasteiger partial charge in [0.25, 0.3) is 0 Å². The molecule has 54 valence electrons. The molecule has 0 heterocycles. The van der Waals surface area contributed by atoms with Crippen LogP contribution >= 0.6 is 15.9 Å². The number of halogens is 1. The quantitative estimate of drug-likeness (QED) is 0.587. The van der Waals surface area contributed by atoms with E-state index in [1.807, 2.05) is 0 Å². The Morgan fingerprint density at radius 3 is 2.70 bits per heavy atom. The van der Waals surface area contributed by atoms with Crippen LogP contribution in [0.1, 0.15) is 19.3 Å². The first kappa shape index (κ1) is 6.59. The summed E-state index contributed by atoms with van der Waals surface area (Å²) >= 11 is 3.43. The normalized spacial score (nSPS) is 38.1. The van der Waals surface area contributed by atoms with E-state index >= 15 is 0 Å². The second kappa shape index (κ2) is 2.19. The first-order valence-electron chi connectivity index (χ1n) is 3.67. The van der Waals surface area contributed by atoms with Crippen LogP contribution in [0.4, 0.5) is 0 Å². The minimum atomic E-state index is 0.227. The van der Waals surface area contributed by atoms with Gasteiger partial charge in [0.05, 0.1) is 0 Å². The summed E-state index contributed by atoms with van der Waals surface area (Å²) in [4.78, 5) is 11.2. The zero-order chi connectivity index (χ0) is 7.14. The SMILES string of the molecule is O=C1C[C@H]2C=C(Br)[C@@H]1CC2. The number of carbonyl (C=O) groups is 1. The molecule has 0 amide bonds. The summed E-state index contributed by atoms with van der Waals surface area (Å²) < 4.78 is 1.14. The molecule has 0 N–H and O–H groups in total. The molecule has 0 aromatic carbocycles. The number of hydrogen-bond donors (Lipinski definition) is 0. The van der Waals surface area contributed by atoms with Crippen molar-refractivity contribution in [2.75, 3.05) is 0 Å². The van der Waals surface area contributed by atoms with Crippen molar-refractivity contribution < 1.29 is 4.79 Å². The van der Waals surface area contributed by atoms with Crippen molar-refractivity contribution in [3.05, 3.63) is 10.6 Å². The third kappa shape index (κ3) is 0.858. The minimum absolute atomic E-state index is 0.227. The maximum absolute atomic E-state index is 11.2. The Bertz CT molecular complexity index is 207. The zero-order valence-electron chi connectivity index (χ0n) is 5.64. The summed E-state index contributed by atoms with van der Waals surface area (Å²) in [5.74, 6) is 1.21. The van der Waals surface area contributed by atoms with Crippen LogP contribution in [0.2, 0.25) is 0 Å². The van der Waals surface area contributed by atoms with Gasteiger partial charge in [0.2, 0.25) is 0 Å². The number of rotatable bonds is 0. The van der Waals surface area contributed by atoms with E-state index in [4.69, 9.17) is 0 Å². The fourth-order valence-corrected chi connectivity index (χ4v) is 2.68. The molecule has 2 heteroatoms. The molecule has 0 aromatic heterocycles. The van der Waals surface area contributed by atoms with Crippen LogP contribution in [0.3, 0.4) is 0 Å². The van der Waals surface area contributed by atoms with Crippen molar-refractivity contribution in [3.63, 3.8) is 0 Å². The fourth-order valence-electron chi connectivity index (χ4n) is 1.82. The highest BCUT2D eigenvalue weighted by atomic mass is 79.9. The molecule has 0 spiro atoms. The Hall–Kier alpha value is -0.110. The predicted octanol–water partition coefficient (Wildman–Crippen LogP) is 2.26. The molecule has 3 aliphatic carbocycles. The molecule has 0 radical (unpaired) electrons. The van der Waals surface area contributed by atoms with Crippen molar-refractivity contribution >= 4 is 21.7 Å². The summed E-state index contributed by atoms with van der Waals surface area (Å²) in [6.45, 7) is 0. The van der Waals surface area contributed by atoms with E-state index in [0.717, 1.165) is 17.3 Å². The highest BCUT2D eigenvalue weighted by Gasteiger charge is 2.34. The molecule has 3 rings (SSSR count). The lowest BCUT2D eigenvalue weighted by molar-refractivity contribution is -0.124. The number of ketones is 1. The van der Waals surface area contributed by atoms with Crippen LogP contribution in [0, 0.1) is 11.8 Å². The van der Waals surface area contributed by atoms with Crippen molar-refractivity contribution in [2.45, 2.75) is 19.3 Å². The van der Waals surface area contributed by atoms with Crippen LogP contribution in [-0.4, -0.2) is 5.78 Å². The molecule has 0 aromatic rings. The van der Waals surface area contributed by atoms with Crippen molar-refractivity contribution in [1.29, 1.82) is 0 Å². The maximum atomic E-state index is 11.2. The van der Waals surface area contributed by atoms with Gasteiger partial charge in [-0.15, -0.1) is 0 Å². The van der Waals surface area contributed by atoms with E-state index in [1.54, 1.807) is 0 Å². The van der Waals surface area contributed by atoms with E-state index in [1.165, 1.54) is 6.42 Å². The van der Waals surface area contributed by atoms with Gasteiger partial charge in [-0.25, -0.2) is 0 Å². The number of fused-ring (bicyclic) bond motifs is 2. The second-order valence-electron chi connectivity index (χ2n) is 3.11. The summed E-state index contributed by atoms with van der Waals surface area (Å²) in [6, 6.07) is 0. The monoisotopic (exact) mass is 200 g/mol. The van der Waals surface area contributed by atoms with Crippen molar-refractivity contribution in [1.82, 2.24) is 0 Å². The molecule has 1 fully saturated rings. The summed E-state index contributed by atoms with van der Waals surface area (Å²) in [5.41, 5.74) is 0. The zero-order valence-corrected chi connectivity index (χ0v) is 7.23. The number of carbonyl (C=O) groups excluding carboxylic acids is 1. The van der Waals surface area contributed by atoms with Crippen LogP contribution in [-0.2, 0) is 4.79 Å². The Morgan fingerprint density at radius 1 is 1.50 bits per heavy atom. The van der Waals surface area contributed by atoms with Gasteiger partial charge in [0.15, 0.2) is 0 Å². The molecule has 0 unspecified atom stereocenters. The summed E-state index contributed by atoms with van der Waals surface area (Å²) in [6.07, 6.45) is 5.28. The van der Waals surface area contributed by atoms with Crippen LogP contribution in [0.25, 0.3) is 0 Å². The lowest BCUT2D eigenvalue weighted by Gasteiger charge is -2.31. The molecular weight excluding hydrogens is 192 g/mol. The van der Waals surface area contributed by atoms with Crippen molar-refractivity contribution in [2.24, 2.45) is 11.8 Å². The van der Waals surface area contributed by atoms with E-state index < -0.39 is 0 Å². The van der Waals surface area contributed by atoms with Crippen molar-refractivity contribution in [3.8, 4) is 0 Å². The van der Waals surface area contributed by atoms with Gasteiger partial charge in [-0.05, 0) is 18.8 Å². The van der Waals surface area contributed by atoms with E-state index in [9.17, 15) is 4.79 Å². The molecule has 0 saturated heterocycles. The van der Waals surface area contributed by atoms with Gasteiger partial charge in [0, 0.05) is 16.8 Å². The molecule has 1 nitrogen and oxygen atoms in total. The molecule has 1 saturated carbocycles. The second-order valence-corrected chi connectivity index (χ2v) is 4.03. The van der Waals surface area contributed by atoms with Gasteiger partial charge >= 0.3 is 0 Å². The number of hydrogen-bond acceptors (Lipinski definition) is 1. The molecule has 2 atom stereocenters. The smallest absolute Gasteiger partial charge is 0.141 e. The van der Waals surface area contributed by atoms with Crippen LogP contribution < -0.4 is 0 Å². The molecular formula is C8H9BrO. The molecule has 0 aliphatic heterocycles. The average Bonchev–Trinajstić information content (AvgIpc) is 1.86. The predicted molar refractivity (Wildman–Crippen MR) is 42.8 cm³/mol. The molecule has 10 heavy (non-hydrogen) atoms. The van der Waals surface area contributed by atoms with E-state index in [2.05, 4.69) is 22.0 Å². The number of Topliss-reactive ketones (excluding diaryl/α,β-unsaturated/α-hetero) is 1. The lowest BCUT2D eigenvalue weighted by atomic mass is 9.75. The maximum Gasteiger partial charge on any atom is 0.141 e. The highest BCUT2D eigenvalue weighted by molar-refractivity contribution is 9.11. The topological polar surface area (TPSA) is 17.1 Å². The largest absolute Gasteiger partial charge is 0.299 e. The summed E-state index contributed by atoms with van der Waals surface area (Å²) in [5, 5.41) is 0. The van der Waals surface area contributed by atoms with Gasteiger partial charge in [-0.3, -0.25) is 4.79 Å². The van der Waals surface area contributed by atoms with Gasteiger partial charge in [0.1, 0.15) is 5.78 Å². The Balaban J connectivity index is 2.35. The molecule has 2 bridgehead atoms. The Kier molecular flexibility index (Phi) is 1.44. The third-order valence-corrected chi connectivity index (χ3v) is 3.22. The average molecular weight is 201 g/mol. The van der Waals surface area contributed by atoms with Crippen LogP contribution in [0.15, 0.2) is 10.6 Å². The first-order chi connectivity index (χ1) is 4.77. The Labute approximate surface area is 68.6 Å². The van der Waals surface area contributed by atoms with E-state index in [0.29, 0.717) is 11.7 Å². The number of allylic oxidation sites excluding steroid dienone is 2. The first-order valence-corrected chi connectivity index (χ1v) is 4.46. The fraction of sp³-hybridized carbons (Fsp3) is 0.625. The molecule has 3 aliphatic rings. The van der Waals surface area contributed by atoms with Gasteiger partial charge in [-0.1, -0.05) is 22.0 Å². The third-order valence-electron chi connectivity index (χ3n) is 2.41. The highest BCUT2D eigenvalue weighted by Crippen LogP contribution is 2.40. The van der Waals surface area contributed by atoms with Gasteiger partial charge in [-0.2, -0.15) is 0 Å². The van der Waals surface area contributed by atoms with E-state index in [-0.39, 0.29) is 5.92 Å². The minimum Gasteiger partial charge on any atom is -0.299 e. The standard InChI is InChI=1S/C8H9BrO/c9-7-3-5-1-2-6(7)8(10)4-5/h3,5-6H,1-2,4H2/t5-,6+/m1/s1. The lowest BCUT2D eigenvalue weighted by Crippen LogP contribution is -2.29. The van der Waals surface area contributed by atoms with Gasteiger partial charge < -0.3 is 0 Å². The summed E-state index contributed by atoms with van der Waals surface area (Å²) in [7, 11) is 0.